The molecule has 0 spiro atoms. The Labute approximate surface area is 143 Å². The molecule has 0 aliphatic carbocycles. The van der Waals surface area contributed by atoms with Gasteiger partial charge in [-0.2, -0.15) is 4.98 Å². The number of carbonyl (C=O) groups excluding carboxylic acids is 1. The second-order valence-corrected chi connectivity index (χ2v) is 6.39. The third-order valence-corrected chi connectivity index (χ3v) is 4.51. The summed E-state index contributed by atoms with van der Waals surface area (Å²) in [7, 11) is 1.63. The Morgan fingerprint density at radius 1 is 1.58 bits per heavy atom. The number of aromatic amines is 1. The van der Waals surface area contributed by atoms with Gasteiger partial charge in [0.25, 0.3) is 0 Å². The molecule has 1 aliphatic heterocycles. The second-order valence-electron chi connectivity index (χ2n) is 5.45. The van der Waals surface area contributed by atoms with E-state index in [9.17, 15) is 4.79 Å². The molecule has 0 radical (unpaired) electrons. The van der Waals surface area contributed by atoms with Gasteiger partial charge < -0.3 is 20.5 Å². The first-order valence-corrected chi connectivity index (χ1v) is 8.49. The summed E-state index contributed by atoms with van der Waals surface area (Å²) < 4.78 is 11.0. The minimum Gasteiger partial charge on any atom is -0.497 e. The van der Waals surface area contributed by atoms with Crippen molar-refractivity contribution in [2.45, 2.75) is 11.6 Å². The number of rotatable bonds is 6. The van der Waals surface area contributed by atoms with Crippen molar-refractivity contribution in [2.24, 2.45) is 5.92 Å². The summed E-state index contributed by atoms with van der Waals surface area (Å²) in [4.78, 5) is 15.8. The van der Waals surface area contributed by atoms with Crippen LogP contribution in [0.3, 0.4) is 0 Å². The number of thioether (sulfide) groups is 1. The highest BCUT2D eigenvalue weighted by molar-refractivity contribution is 7.99. The maximum absolute atomic E-state index is 11.9. The van der Waals surface area contributed by atoms with Gasteiger partial charge in [-0.3, -0.25) is 4.79 Å². The summed E-state index contributed by atoms with van der Waals surface area (Å²) in [6.45, 7) is 1.14. The molecule has 1 amide bonds. The molecule has 4 N–H and O–H groups in total. The molecule has 0 saturated heterocycles. The Kier molecular flexibility index (Phi) is 5.09. The Bertz CT molecular complexity index is 721. The van der Waals surface area contributed by atoms with Crippen LogP contribution >= 0.6 is 11.8 Å². The molecule has 0 unspecified atom stereocenters. The van der Waals surface area contributed by atoms with Crippen LogP contribution in [0.25, 0.3) is 0 Å². The number of anilines is 1. The topological polar surface area (TPSA) is 115 Å². The highest BCUT2D eigenvalue weighted by Crippen LogP contribution is 2.30. The molecule has 0 saturated carbocycles. The number of amides is 1. The van der Waals surface area contributed by atoms with Crippen molar-refractivity contribution in [3.8, 4) is 11.5 Å². The molecule has 1 aromatic heterocycles. The molecule has 1 aliphatic rings. The molecule has 128 valence electrons. The predicted molar refractivity (Wildman–Crippen MR) is 90.2 cm³/mol. The van der Waals surface area contributed by atoms with Crippen molar-refractivity contribution in [3.63, 3.8) is 0 Å². The van der Waals surface area contributed by atoms with Crippen LogP contribution in [0.4, 0.5) is 5.95 Å². The molecule has 9 heteroatoms. The average Bonchev–Trinajstić information content (AvgIpc) is 3.02. The number of nitrogen functional groups attached to an aromatic ring is 1. The van der Waals surface area contributed by atoms with Gasteiger partial charge in [-0.05, 0) is 18.1 Å². The number of fused-ring (bicyclic) bond motifs is 1. The molecule has 3 rings (SSSR count). The number of H-pyrrole nitrogens is 1. The number of nitrogens with zero attached hydrogens (tertiary/aromatic N) is 2. The first-order chi connectivity index (χ1) is 11.6. The zero-order valence-electron chi connectivity index (χ0n) is 13.2. The number of hydrogen-bond acceptors (Lipinski definition) is 7. The minimum atomic E-state index is -0.0658. The van der Waals surface area contributed by atoms with Gasteiger partial charge in [-0.1, -0.05) is 17.8 Å². The normalized spacial score (nSPS) is 16.1. The average molecular weight is 349 g/mol. The third kappa shape index (κ3) is 4.10. The molecule has 0 fully saturated rings. The summed E-state index contributed by atoms with van der Waals surface area (Å²) in [5, 5.41) is 9.79. The lowest BCUT2D eigenvalue weighted by Gasteiger charge is -2.25. The standard InChI is InChI=1S/C15H19N5O3S/c1-22-11-3-2-10-4-9(7-23-12(10)5-11)6-17-13(21)8-24-15-18-14(16)19-20-15/h2-3,5,9H,4,6-8H2,1H3,(H,17,21)(H3,16,18,19,20)/t9-/m1/s1. The van der Waals surface area contributed by atoms with E-state index < -0.39 is 0 Å². The molecule has 2 aromatic rings. The monoisotopic (exact) mass is 349 g/mol. The van der Waals surface area contributed by atoms with E-state index in [4.69, 9.17) is 15.2 Å². The van der Waals surface area contributed by atoms with E-state index in [-0.39, 0.29) is 23.5 Å². The molecule has 24 heavy (non-hydrogen) atoms. The van der Waals surface area contributed by atoms with Gasteiger partial charge in [0, 0.05) is 18.5 Å². The van der Waals surface area contributed by atoms with E-state index in [1.165, 1.54) is 11.8 Å². The zero-order valence-corrected chi connectivity index (χ0v) is 14.1. The maximum Gasteiger partial charge on any atom is 0.230 e. The summed E-state index contributed by atoms with van der Waals surface area (Å²) in [6.07, 6.45) is 0.865. The van der Waals surface area contributed by atoms with Gasteiger partial charge in [0.05, 0.1) is 19.5 Å². The molecule has 1 atom stereocenters. The number of ether oxygens (including phenoxy) is 2. The van der Waals surface area contributed by atoms with E-state index in [1.807, 2.05) is 18.2 Å². The van der Waals surface area contributed by atoms with E-state index in [2.05, 4.69) is 20.5 Å². The Hall–Kier alpha value is -2.42. The SMILES string of the molecule is COc1ccc2c(c1)OC[C@@H](CNC(=O)CSc1n[nH]c(N)n1)C2. The van der Waals surface area contributed by atoms with Crippen LogP contribution in [-0.2, 0) is 11.2 Å². The lowest BCUT2D eigenvalue weighted by atomic mass is 9.96. The molecule has 8 nitrogen and oxygen atoms in total. The summed E-state index contributed by atoms with van der Waals surface area (Å²) in [5.41, 5.74) is 6.56. The van der Waals surface area contributed by atoms with Crippen LogP contribution in [0, 0.1) is 5.92 Å². The van der Waals surface area contributed by atoms with E-state index in [0.29, 0.717) is 18.3 Å². The molecule has 2 heterocycles. The van der Waals surface area contributed by atoms with Gasteiger partial charge in [-0.25, -0.2) is 5.10 Å². The second kappa shape index (κ2) is 7.43. The fraction of sp³-hybridized carbons (Fsp3) is 0.400. The van der Waals surface area contributed by atoms with Crippen LogP contribution in [0.1, 0.15) is 5.56 Å². The van der Waals surface area contributed by atoms with Crippen molar-refractivity contribution < 1.29 is 14.3 Å². The summed E-state index contributed by atoms with van der Waals surface area (Å²) >= 11 is 1.24. The Morgan fingerprint density at radius 3 is 3.21 bits per heavy atom. The number of aromatic nitrogens is 3. The first-order valence-electron chi connectivity index (χ1n) is 7.51. The highest BCUT2D eigenvalue weighted by atomic mass is 32.2. The number of hydrogen-bond donors (Lipinski definition) is 3. The van der Waals surface area contributed by atoms with Crippen LogP contribution in [-0.4, -0.2) is 47.1 Å². The minimum absolute atomic E-state index is 0.0658. The number of nitrogens with one attached hydrogen (secondary N) is 2. The van der Waals surface area contributed by atoms with Gasteiger partial charge >= 0.3 is 0 Å². The van der Waals surface area contributed by atoms with Crippen LogP contribution < -0.4 is 20.5 Å². The van der Waals surface area contributed by atoms with Gasteiger partial charge in [0.2, 0.25) is 17.0 Å². The quantitative estimate of drug-likeness (QED) is 0.662. The van der Waals surface area contributed by atoms with Gasteiger partial charge in [0.1, 0.15) is 11.5 Å². The smallest absolute Gasteiger partial charge is 0.230 e. The number of carbonyl (C=O) groups is 1. The van der Waals surface area contributed by atoms with Crippen molar-refractivity contribution in [1.29, 1.82) is 0 Å². The van der Waals surface area contributed by atoms with Crippen LogP contribution in [0.15, 0.2) is 23.4 Å². The lowest BCUT2D eigenvalue weighted by Crippen LogP contribution is -2.35. The number of benzene rings is 1. The van der Waals surface area contributed by atoms with Crippen molar-refractivity contribution >= 4 is 23.6 Å². The van der Waals surface area contributed by atoms with E-state index >= 15 is 0 Å². The van der Waals surface area contributed by atoms with Gasteiger partial charge in [0.15, 0.2) is 0 Å². The Balaban J connectivity index is 1.44. The number of nitrogens with two attached hydrogens (primary N) is 1. The molecular formula is C15H19N5O3S. The summed E-state index contributed by atoms with van der Waals surface area (Å²) in [6, 6.07) is 5.82. The summed E-state index contributed by atoms with van der Waals surface area (Å²) in [5.74, 6) is 2.31. The predicted octanol–water partition coefficient (Wildman–Crippen LogP) is 0.855. The first kappa shape index (κ1) is 16.4. The highest BCUT2D eigenvalue weighted by Gasteiger charge is 2.21. The van der Waals surface area contributed by atoms with Crippen molar-refractivity contribution in [1.82, 2.24) is 20.5 Å². The largest absolute Gasteiger partial charge is 0.497 e. The fourth-order valence-electron chi connectivity index (χ4n) is 2.44. The van der Waals surface area contributed by atoms with Crippen molar-refractivity contribution in [2.75, 3.05) is 31.7 Å². The van der Waals surface area contributed by atoms with Crippen molar-refractivity contribution in [3.05, 3.63) is 23.8 Å². The fourth-order valence-corrected chi connectivity index (χ4v) is 3.07. The maximum atomic E-state index is 11.9. The van der Waals surface area contributed by atoms with Crippen LogP contribution in [0.5, 0.6) is 11.5 Å². The Morgan fingerprint density at radius 2 is 2.46 bits per heavy atom. The molecule has 1 aromatic carbocycles. The molecule has 0 bridgehead atoms. The van der Waals surface area contributed by atoms with E-state index in [1.54, 1.807) is 7.11 Å². The zero-order chi connectivity index (χ0) is 16.9. The molecular weight excluding hydrogens is 330 g/mol. The van der Waals surface area contributed by atoms with E-state index in [0.717, 1.165) is 23.5 Å². The third-order valence-electron chi connectivity index (χ3n) is 3.66. The lowest BCUT2D eigenvalue weighted by molar-refractivity contribution is -0.118. The number of methoxy groups -OCH3 is 1. The van der Waals surface area contributed by atoms with Gasteiger partial charge in [-0.15, -0.1) is 5.10 Å². The van der Waals surface area contributed by atoms with Crippen LogP contribution in [0.2, 0.25) is 0 Å².